The molecule has 0 radical (unpaired) electrons. The molecule has 0 aliphatic carbocycles. The van der Waals surface area contributed by atoms with Crippen molar-refractivity contribution in [1.29, 1.82) is 0 Å². The smallest absolute Gasteiger partial charge is 0.322 e. The lowest BCUT2D eigenvalue weighted by Crippen LogP contribution is -2.36. The third-order valence-electron chi connectivity index (χ3n) is 4.83. The Labute approximate surface area is 167 Å². The number of aryl methyl sites for hydroxylation is 1. The van der Waals surface area contributed by atoms with Gasteiger partial charge in [-0.2, -0.15) is 17.5 Å². The normalized spacial score (nSPS) is 15.9. The first-order chi connectivity index (χ1) is 13.6. The van der Waals surface area contributed by atoms with Crippen LogP contribution in [0.4, 0.5) is 18.9 Å². The number of benzene rings is 2. The molecule has 1 amide bonds. The average molecular weight is 426 g/mol. The summed E-state index contributed by atoms with van der Waals surface area (Å²) in [5.41, 5.74) is -0.340. The molecule has 0 atom stereocenters. The van der Waals surface area contributed by atoms with Crippen molar-refractivity contribution in [2.45, 2.75) is 37.3 Å². The SMILES string of the molecule is Cc1ccc(C(=O)Nc2cccc(C(F)(F)F)c2)cc1S(=O)(=O)N1CCCCC1. The van der Waals surface area contributed by atoms with Crippen molar-refractivity contribution in [3.8, 4) is 0 Å². The third kappa shape index (κ3) is 4.79. The number of piperidine rings is 1. The highest BCUT2D eigenvalue weighted by atomic mass is 32.2. The number of halogens is 3. The van der Waals surface area contributed by atoms with Gasteiger partial charge < -0.3 is 5.32 Å². The van der Waals surface area contributed by atoms with Gasteiger partial charge in [0, 0.05) is 24.3 Å². The predicted molar refractivity (Wildman–Crippen MR) is 103 cm³/mol. The van der Waals surface area contributed by atoms with E-state index in [0.717, 1.165) is 31.4 Å². The van der Waals surface area contributed by atoms with Crippen LogP contribution in [0.5, 0.6) is 0 Å². The standard InChI is InChI=1S/C20H21F3N2O3S/c1-14-8-9-15(12-18(14)29(27,28)25-10-3-2-4-11-25)19(26)24-17-7-5-6-16(13-17)20(21,22)23/h5-9,12-13H,2-4,10-11H2,1H3,(H,24,26). The third-order valence-corrected chi connectivity index (χ3v) is 6.87. The van der Waals surface area contributed by atoms with E-state index in [1.807, 2.05) is 0 Å². The van der Waals surface area contributed by atoms with Crippen molar-refractivity contribution in [2.75, 3.05) is 18.4 Å². The number of alkyl halides is 3. The van der Waals surface area contributed by atoms with E-state index >= 15 is 0 Å². The molecule has 1 heterocycles. The summed E-state index contributed by atoms with van der Waals surface area (Å²) in [6.45, 7) is 2.51. The second-order valence-corrected chi connectivity index (χ2v) is 8.88. The van der Waals surface area contributed by atoms with Crippen molar-refractivity contribution in [1.82, 2.24) is 4.31 Å². The van der Waals surface area contributed by atoms with Gasteiger partial charge in [0.15, 0.2) is 0 Å². The number of hydrogen-bond donors (Lipinski definition) is 1. The van der Waals surface area contributed by atoms with Gasteiger partial charge >= 0.3 is 6.18 Å². The molecule has 156 valence electrons. The Morgan fingerprint density at radius 1 is 1.03 bits per heavy atom. The van der Waals surface area contributed by atoms with Crippen LogP contribution in [0.15, 0.2) is 47.4 Å². The number of anilines is 1. The average Bonchev–Trinajstić information content (AvgIpc) is 2.68. The van der Waals surface area contributed by atoms with E-state index < -0.39 is 27.7 Å². The van der Waals surface area contributed by atoms with Gasteiger partial charge in [0.25, 0.3) is 5.91 Å². The fourth-order valence-corrected chi connectivity index (χ4v) is 5.01. The van der Waals surface area contributed by atoms with Gasteiger partial charge in [-0.05, 0) is 55.7 Å². The maximum absolute atomic E-state index is 13.0. The van der Waals surface area contributed by atoms with Gasteiger partial charge in [-0.1, -0.05) is 18.6 Å². The van der Waals surface area contributed by atoms with Crippen LogP contribution in [0, 0.1) is 6.92 Å². The summed E-state index contributed by atoms with van der Waals surface area (Å²) in [5.74, 6) is -0.681. The zero-order valence-electron chi connectivity index (χ0n) is 15.8. The zero-order valence-corrected chi connectivity index (χ0v) is 16.6. The largest absolute Gasteiger partial charge is 0.416 e. The molecule has 2 aromatic rings. The molecule has 0 bridgehead atoms. The molecule has 1 aliphatic heterocycles. The Morgan fingerprint density at radius 2 is 1.72 bits per heavy atom. The summed E-state index contributed by atoms with van der Waals surface area (Å²) in [7, 11) is -3.74. The Morgan fingerprint density at radius 3 is 2.38 bits per heavy atom. The van der Waals surface area contributed by atoms with Crippen LogP contribution in [0.1, 0.15) is 40.7 Å². The number of rotatable bonds is 4. The summed E-state index contributed by atoms with van der Waals surface area (Å²) in [6.07, 6.45) is -1.98. The maximum Gasteiger partial charge on any atom is 0.416 e. The van der Waals surface area contributed by atoms with Crippen molar-refractivity contribution >= 4 is 21.6 Å². The maximum atomic E-state index is 13.0. The molecule has 1 fully saturated rings. The van der Waals surface area contributed by atoms with Crippen LogP contribution in [-0.4, -0.2) is 31.7 Å². The predicted octanol–water partition coefficient (Wildman–Crippen LogP) is 4.44. The van der Waals surface area contributed by atoms with Crippen LogP contribution in [0.25, 0.3) is 0 Å². The van der Waals surface area contributed by atoms with Gasteiger partial charge in [0.05, 0.1) is 10.5 Å². The van der Waals surface area contributed by atoms with Gasteiger partial charge in [0.2, 0.25) is 10.0 Å². The van der Waals surface area contributed by atoms with E-state index in [-0.39, 0.29) is 16.1 Å². The lowest BCUT2D eigenvalue weighted by atomic mass is 10.1. The molecule has 0 unspecified atom stereocenters. The minimum atomic E-state index is -4.53. The Kier molecular flexibility index (Phi) is 6.00. The summed E-state index contributed by atoms with van der Waals surface area (Å²) >= 11 is 0. The van der Waals surface area contributed by atoms with E-state index in [0.29, 0.717) is 18.7 Å². The van der Waals surface area contributed by atoms with Crippen molar-refractivity contribution in [3.63, 3.8) is 0 Å². The van der Waals surface area contributed by atoms with Crippen LogP contribution in [0.2, 0.25) is 0 Å². The molecule has 1 saturated heterocycles. The van der Waals surface area contributed by atoms with E-state index in [1.54, 1.807) is 6.92 Å². The van der Waals surface area contributed by atoms with Crippen LogP contribution in [-0.2, 0) is 16.2 Å². The highest BCUT2D eigenvalue weighted by Crippen LogP contribution is 2.31. The number of sulfonamides is 1. The second-order valence-electron chi connectivity index (χ2n) is 6.98. The van der Waals surface area contributed by atoms with E-state index in [2.05, 4.69) is 5.32 Å². The molecule has 3 rings (SSSR count). The number of nitrogens with one attached hydrogen (secondary N) is 1. The summed E-state index contributed by atoms with van der Waals surface area (Å²) in [4.78, 5) is 12.6. The molecule has 0 spiro atoms. The van der Waals surface area contributed by atoms with Crippen molar-refractivity contribution in [3.05, 3.63) is 59.2 Å². The molecular weight excluding hydrogens is 405 g/mol. The highest BCUT2D eigenvalue weighted by Gasteiger charge is 2.31. The summed E-state index contributed by atoms with van der Waals surface area (Å²) in [6, 6.07) is 8.53. The zero-order chi connectivity index (χ0) is 21.2. The quantitative estimate of drug-likeness (QED) is 0.786. The first kappa shape index (κ1) is 21.3. The minimum absolute atomic E-state index is 0.0224. The number of hydrogen-bond acceptors (Lipinski definition) is 3. The monoisotopic (exact) mass is 426 g/mol. The fraction of sp³-hybridized carbons (Fsp3) is 0.350. The lowest BCUT2D eigenvalue weighted by molar-refractivity contribution is -0.137. The molecule has 0 saturated carbocycles. The molecule has 1 N–H and O–H groups in total. The van der Waals surface area contributed by atoms with Crippen LogP contribution >= 0.6 is 0 Å². The van der Waals surface area contributed by atoms with Crippen LogP contribution in [0.3, 0.4) is 0 Å². The number of amides is 1. The van der Waals surface area contributed by atoms with Gasteiger partial charge in [0.1, 0.15) is 0 Å². The van der Waals surface area contributed by atoms with E-state index in [4.69, 9.17) is 0 Å². The molecule has 5 nitrogen and oxygen atoms in total. The topological polar surface area (TPSA) is 66.5 Å². The fourth-order valence-electron chi connectivity index (χ4n) is 3.24. The second kappa shape index (κ2) is 8.16. The van der Waals surface area contributed by atoms with Gasteiger partial charge in [-0.15, -0.1) is 0 Å². The summed E-state index contributed by atoms with van der Waals surface area (Å²) < 4.78 is 65.9. The van der Waals surface area contributed by atoms with Crippen molar-refractivity contribution < 1.29 is 26.4 Å². The van der Waals surface area contributed by atoms with Crippen LogP contribution < -0.4 is 5.32 Å². The number of carbonyl (C=O) groups is 1. The minimum Gasteiger partial charge on any atom is -0.322 e. The molecule has 9 heteroatoms. The molecule has 0 aromatic heterocycles. The first-order valence-corrected chi connectivity index (χ1v) is 10.6. The number of nitrogens with zero attached hydrogens (tertiary/aromatic N) is 1. The van der Waals surface area contributed by atoms with Gasteiger partial charge in [-0.25, -0.2) is 8.42 Å². The molecule has 2 aromatic carbocycles. The van der Waals surface area contributed by atoms with E-state index in [1.165, 1.54) is 34.6 Å². The first-order valence-electron chi connectivity index (χ1n) is 9.18. The van der Waals surface area contributed by atoms with Crippen molar-refractivity contribution in [2.24, 2.45) is 0 Å². The number of carbonyl (C=O) groups excluding carboxylic acids is 1. The Balaban J connectivity index is 1.87. The molecular formula is C20H21F3N2O3S. The Hall–Kier alpha value is -2.39. The summed E-state index contributed by atoms with van der Waals surface area (Å²) in [5, 5.41) is 2.40. The van der Waals surface area contributed by atoms with Gasteiger partial charge in [-0.3, -0.25) is 4.79 Å². The molecule has 1 aliphatic rings. The van der Waals surface area contributed by atoms with E-state index in [9.17, 15) is 26.4 Å². The highest BCUT2D eigenvalue weighted by molar-refractivity contribution is 7.89. The Bertz CT molecular complexity index is 1010. The molecule has 29 heavy (non-hydrogen) atoms. The lowest BCUT2D eigenvalue weighted by Gasteiger charge is -2.26.